The summed E-state index contributed by atoms with van der Waals surface area (Å²) in [6.07, 6.45) is 6.14. The van der Waals surface area contributed by atoms with Gasteiger partial charge in [-0.2, -0.15) is 11.8 Å². The summed E-state index contributed by atoms with van der Waals surface area (Å²) in [6, 6.07) is 0. The molecule has 0 aromatic rings. The van der Waals surface area contributed by atoms with Crippen molar-refractivity contribution in [2.24, 2.45) is 0 Å². The average molecular weight is 246 g/mol. The van der Waals surface area contributed by atoms with Gasteiger partial charge in [0.05, 0.1) is 0 Å². The molecule has 1 fully saturated rings. The second-order valence-corrected chi connectivity index (χ2v) is 5.47. The third-order valence-corrected chi connectivity index (χ3v) is 4.22. The molecule has 1 heterocycles. The van der Waals surface area contributed by atoms with Gasteiger partial charge in [0.1, 0.15) is 0 Å². The van der Waals surface area contributed by atoms with Gasteiger partial charge >= 0.3 is 5.97 Å². The Labute approximate surface area is 102 Å². The van der Waals surface area contributed by atoms with E-state index in [9.17, 15) is 9.90 Å². The topological polar surface area (TPSA) is 46.5 Å². The van der Waals surface area contributed by atoms with Crippen LogP contribution < -0.4 is 0 Å². The SMILES string of the molecule is CCCCCCOC1(C(=O)O)CCCSC1. The molecule has 0 spiro atoms. The number of aliphatic carboxylic acids is 1. The first-order chi connectivity index (χ1) is 7.71. The Hall–Kier alpha value is -0.220. The number of carboxylic acids is 1. The van der Waals surface area contributed by atoms with Crippen LogP contribution in [0.3, 0.4) is 0 Å². The molecule has 0 aromatic heterocycles. The summed E-state index contributed by atoms with van der Waals surface area (Å²) in [6.45, 7) is 2.75. The average Bonchev–Trinajstić information content (AvgIpc) is 2.30. The van der Waals surface area contributed by atoms with E-state index in [0.29, 0.717) is 18.8 Å². The number of carboxylic acid groups (broad SMARTS) is 1. The summed E-state index contributed by atoms with van der Waals surface area (Å²) < 4.78 is 5.66. The zero-order valence-electron chi connectivity index (χ0n) is 10.0. The lowest BCUT2D eigenvalue weighted by atomic mass is 10.00. The number of hydrogen-bond donors (Lipinski definition) is 1. The predicted molar refractivity (Wildman–Crippen MR) is 67.0 cm³/mol. The number of carbonyl (C=O) groups is 1. The first-order valence-corrected chi connectivity index (χ1v) is 7.32. The number of rotatable bonds is 7. The highest BCUT2D eigenvalue weighted by molar-refractivity contribution is 7.99. The molecule has 0 saturated carbocycles. The van der Waals surface area contributed by atoms with E-state index in [-0.39, 0.29) is 0 Å². The Kier molecular flexibility index (Phi) is 6.21. The van der Waals surface area contributed by atoms with E-state index >= 15 is 0 Å². The van der Waals surface area contributed by atoms with Crippen LogP contribution in [0.5, 0.6) is 0 Å². The molecule has 1 rings (SSSR count). The van der Waals surface area contributed by atoms with E-state index in [1.165, 1.54) is 12.8 Å². The number of ether oxygens (including phenoxy) is 1. The van der Waals surface area contributed by atoms with Crippen molar-refractivity contribution >= 4 is 17.7 Å². The van der Waals surface area contributed by atoms with Crippen molar-refractivity contribution in [3.63, 3.8) is 0 Å². The van der Waals surface area contributed by atoms with Crippen LogP contribution in [0, 0.1) is 0 Å². The van der Waals surface area contributed by atoms with Crippen LogP contribution in [0.2, 0.25) is 0 Å². The summed E-state index contributed by atoms with van der Waals surface area (Å²) in [5, 5.41) is 9.25. The molecule has 0 aromatic carbocycles. The van der Waals surface area contributed by atoms with E-state index in [1.54, 1.807) is 11.8 Å². The maximum atomic E-state index is 11.3. The molecule has 1 aliphatic heterocycles. The third kappa shape index (κ3) is 3.98. The fraction of sp³-hybridized carbons (Fsp3) is 0.917. The van der Waals surface area contributed by atoms with Crippen molar-refractivity contribution in [1.29, 1.82) is 0 Å². The van der Waals surface area contributed by atoms with Gasteiger partial charge in [0.25, 0.3) is 0 Å². The Morgan fingerprint density at radius 3 is 2.81 bits per heavy atom. The van der Waals surface area contributed by atoms with Gasteiger partial charge in [-0.15, -0.1) is 0 Å². The highest BCUT2D eigenvalue weighted by atomic mass is 32.2. The van der Waals surface area contributed by atoms with Crippen molar-refractivity contribution in [2.75, 3.05) is 18.1 Å². The molecule has 1 unspecified atom stereocenters. The molecule has 1 aliphatic rings. The number of unbranched alkanes of at least 4 members (excludes halogenated alkanes) is 3. The van der Waals surface area contributed by atoms with Crippen molar-refractivity contribution in [3.8, 4) is 0 Å². The fourth-order valence-electron chi connectivity index (χ4n) is 1.91. The molecule has 16 heavy (non-hydrogen) atoms. The minimum absolute atomic E-state index is 0.590. The van der Waals surface area contributed by atoms with Gasteiger partial charge in [-0.25, -0.2) is 4.79 Å². The molecule has 0 radical (unpaired) electrons. The summed E-state index contributed by atoms with van der Waals surface area (Å²) in [7, 11) is 0. The van der Waals surface area contributed by atoms with Gasteiger partial charge in [0.15, 0.2) is 5.60 Å². The van der Waals surface area contributed by atoms with Crippen molar-refractivity contribution in [1.82, 2.24) is 0 Å². The molecule has 3 nitrogen and oxygen atoms in total. The van der Waals surface area contributed by atoms with Crippen molar-refractivity contribution in [2.45, 2.75) is 51.0 Å². The second kappa shape index (κ2) is 7.17. The molecule has 1 saturated heterocycles. The Morgan fingerprint density at radius 2 is 2.25 bits per heavy atom. The van der Waals surface area contributed by atoms with E-state index < -0.39 is 11.6 Å². The lowest BCUT2D eigenvalue weighted by molar-refractivity contribution is -0.164. The predicted octanol–water partition coefficient (Wildman–Crippen LogP) is 2.93. The molecular formula is C12H22O3S. The lowest BCUT2D eigenvalue weighted by Gasteiger charge is -2.32. The zero-order valence-corrected chi connectivity index (χ0v) is 10.9. The van der Waals surface area contributed by atoms with Gasteiger partial charge in [-0.05, 0) is 25.0 Å². The van der Waals surface area contributed by atoms with Gasteiger partial charge in [0, 0.05) is 12.4 Å². The fourth-order valence-corrected chi connectivity index (χ4v) is 3.08. The van der Waals surface area contributed by atoms with Crippen molar-refractivity contribution < 1.29 is 14.6 Å². The van der Waals surface area contributed by atoms with Gasteiger partial charge < -0.3 is 9.84 Å². The van der Waals surface area contributed by atoms with E-state index in [2.05, 4.69) is 6.92 Å². The molecule has 1 atom stereocenters. The Morgan fingerprint density at radius 1 is 1.44 bits per heavy atom. The van der Waals surface area contributed by atoms with Crippen LogP contribution in [-0.4, -0.2) is 34.8 Å². The van der Waals surface area contributed by atoms with E-state index in [4.69, 9.17) is 4.74 Å². The largest absolute Gasteiger partial charge is 0.479 e. The lowest BCUT2D eigenvalue weighted by Crippen LogP contribution is -2.46. The highest BCUT2D eigenvalue weighted by Crippen LogP contribution is 2.30. The maximum absolute atomic E-state index is 11.3. The van der Waals surface area contributed by atoms with E-state index in [0.717, 1.165) is 25.0 Å². The molecule has 1 N–H and O–H groups in total. The first kappa shape index (κ1) is 13.8. The summed E-state index contributed by atoms with van der Waals surface area (Å²) >= 11 is 1.69. The van der Waals surface area contributed by atoms with Gasteiger partial charge in [0.2, 0.25) is 0 Å². The van der Waals surface area contributed by atoms with Crippen LogP contribution in [0.4, 0.5) is 0 Å². The smallest absolute Gasteiger partial charge is 0.336 e. The van der Waals surface area contributed by atoms with Crippen LogP contribution >= 0.6 is 11.8 Å². The highest BCUT2D eigenvalue weighted by Gasteiger charge is 2.41. The van der Waals surface area contributed by atoms with Crippen LogP contribution in [0.25, 0.3) is 0 Å². The Bertz CT molecular complexity index is 212. The molecular weight excluding hydrogens is 224 g/mol. The van der Waals surface area contributed by atoms with Gasteiger partial charge in [-0.3, -0.25) is 0 Å². The summed E-state index contributed by atoms with van der Waals surface area (Å²) in [5.41, 5.74) is -0.894. The summed E-state index contributed by atoms with van der Waals surface area (Å²) in [5.74, 6) is 0.889. The quantitative estimate of drug-likeness (QED) is 0.702. The first-order valence-electron chi connectivity index (χ1n) is 6.16. The van der Waals surface area contributed by atoms with Crippen LogP contribution in [0.15, 0.2) is 0 Å². The zero-order chi connectivity index (χ0) is 11.9. The number of hydrogen-bond acceptors (Lipinski definition) is 3. The Balaban J connectivity index is 2.30. The number of thioether (sulfide) groups is 1. The van der Waals surface area contributed by atoms with Crippen LogP contribution in [0.1, 0.15) is 45.4 Å². The molecule has 94 valence electrons. The second-order valence-electron chi connectivity index (χ2n) is 4.36. The summed E-state index contributed by atoms with van der Waals surface area (Å²) in [4.78, 5) is 11.3. The van der Waals surface area contributed by atoms with E-state index in [1.807, 2.05) is 0 Å². The normalized spacial score (nSPS) is 25.6. The third-order valence-electron chi connectivity index (χ3n) is 2.97. The molecule has 0 bridgehead atoms. The molecule has 0 aliphatic carbocycles. The molecule has 4 heteroatoms. The standard InChI is InChI=1S/C12H22O3S/c1-2-3-4-5-8-15-12(11(13)14)7-6-9-16-10-12/h2-10H2,1H3,(H,13,14). The minimum Gasteiger partial charge on any atom is -0.479 e. The van der Waals surface area contributed by atoms with Crippen LogP contribution in [-0.2, 0) is 9.53 Å². The minimum atomic E-state index is -0.894. The van der Waals surface area contributed by atoms with Gasteiger partial charge in [-0.1, -0.05) is 26.2 Å². The maximum Gasteiger partial charge on any atom is 0.336 e. The molecule has 0 amide bonds. The monoisotopic (exact) mass is 246 g/mol. The van der Waals surface area contributed by atoms with Crippen molar-refractivity contribution in [3.05, 3.63) is 0 Å².